The van der Waals surface area contributed by atoms with Crippen molar-refractivity contribution in [1.82, 2.24) is 14.8 Å². The van der Waals surface area contributed by atoms with Gasteiger partial charge in [-0.25, -0.2) is 0 Å². The summed E-state index contributed by atoms with van der Waals surface area (Å²) in [5.74, 6) is 0.496. The number of hydrogen-bond acceptors (Lipinski definition) is 4. The molecule has 5 heteroatoms. The first-order valence-corrected chi connectivity index (χ1v) is 9.75. The van der Waals surface area contributed by atoms with Gasteiger partial charge in [-0.3, -0.25) is 14.7 Å². The smallest absolute Gasteiger partial charge is 0.219 e. The van der Waals surface area contributed by atoms with E-state index < -0.39 is 6.10 Å². The Balaban J connectivity index is 1.67. The number of amides is 1. The summed E-state index contributed by atoms with van der Waals surface area (Å²) in [6, 6.07) is 14.7. The number of rotatable bonds is 3. The minimum absolute atomic E-state index is 0.0901. The predicted molar refractivity (Wildman–Crippen MR) is 104 cm³/mol. The van der Waals surface area contributed by atoms with Crippen LogP contribution >= 0.6 is 0 Å². The maximum absolute atomic E-state index is 12.1. The predicted octanol–water partition coefficient (Wildman–Crippen LogP) is 2.28. The standard InChI is InChI=1S/C22H27N3O2/c1-16(26)24-11-9-21(27)22-19(18-7-3-2-4-8-18)14-25(20(22)15-24)13-17-6-5-10-23-12-17/h2-8,10,12,19-22,27H,9,11,13-15H2,1H3/t19-,20+,21+,22-/m0/s1. The van der Waals surface area contributed by atoms with Crippen LogP contribution in [0.1, 0.15) is 30.4 Å². The Bertz CT molecular complexity index is 768. The van der Waals surface area contributed by atoms with Crippen LogP contribution in [0.3, 0.4) is 0 Å². The van der Waals surface area contributed by atoms with Crippen LogP contribution in [0.15, 0.2) is 54.9 Å². The third-order valence-corrected chi connectivity index (χ3v) is 6.14. The van der Waals surface area contributed by atoms with Gasteiger partial charge in [-0.1, -0.05) is 36.4 Å². The Morgan fingerprint density at radius 2 is 2.00 bits per heavy atom. The van der Waals surface area contributed by atoms with E-state index in [1.807, 2.05) is 23.2 Å². The van der Waals surface area contributed by atoms with Gasteiger partial charge >= 0.3 is 0 Å². The van der Waals surface area contributed by atoms with E-state index in [-0.39, 0.29) is 23.8 Å². The van der Waals surface area contributed by atoms with Crippen LogP contribution in [0.4, 0.5) is 0 Å². The van der Waals surface area contributed by atoms with Gasteiger partial charge in [0, 0.05) is 63.4 Å². The molecule has 4 rings (SSSR count). The molecule has 2 aromatic rings. The number of benzene rings is 1. The van der Waals surface area contributed by atoms with Crippen LogP contribution < -0.4 is 0 Å². The average molecular weight is 365 g/mol. The zero-order valence-corrected chi connectivity index (χ0v) is 15.7. The van der Waals surface area contributed by atoms with Gasteiger partial charge in [0.1, 0.15) is 0 Å². The lowest BCUT2D eigenvalue weighted by Gasteiger charge is -2.31. The lowest BCUT2D eigenvalue weighted by molar-refractivity contribution is -0.129. The number of aromatic nitrogens is 1. The van der Waals surface area contributed by atoms with Gasteiger partial charge in [-0.15, -0.1) is 0 Å². The maximum atomic E-state index is 12.1. The third-order valence-electron chi connectivity index (χ3n) is 6.14. The summed E-state index contributed by atoms with van der Waals surface area (Å²) in [6.07, 6.45) is 3.94. The summed E-state index contributed by atoms with van der Waals surface area (Å²) in [7, 11) is 0. The van der Waals surface area contributed by atoms with Crippen LogP contribution in [-0.2, 0) is 11.3 Å². The molecule has 2 fully saturated rings. The van der Waals surface area contributed by atoms with E-state index in [0.29, 0.717) is 19.5 Å². The highest BCUT2D eigenvalue weighted by molar-refractivity contribution is 5.73. The monoisotopic (exact) mass is 365 g/mol. The maximum Gasteiger partial charge on any atom is 0.219 e. The van der Waals surface area contributed by atoms with Crippen molar-refractivity contribution in [1.29, 1.82) is 0 Å². The van der Waals surface area contributed by atoms with Crippen molar-refractivity contribution in [3.05, 3.63) is 66.0 Å². The van der Waals surface area contributed by atoms with Gasteiger partial charge < -0.3 is 10.0 Å². The molecule has 0 radical (unpaired) electrons. The number of pyridine rings is 1. The molecule has 0 saturated carbocycles. The Hall–Kier alpha value is -2.24. The van der Waals surface area contributed by atoms with Crippen molar-refractivity contribution >= 4 is 5.91 Å². The van der Waals surface area contributed by atoms with Crippen molar-refractivity contribution in [2.24, 2.45) is 5.92 Å². The van der Waals surface area contributed by atoms with Crippen LogP contribution in [0.25, 0.3) is 0 Å². The zero-order valence-electron chi connectivity index (χ0n) is 15.7. The molecule has 5 nitrogen and oxygen atoms in total. The summed E-state index contributed by atoms with van der Waals surface area (Å²) in [4.78, 5) is 20.7. The summed E-state index contributed by atoms with van der Waals surface area (Å²) >= 11 is 0. The minimum Gasteiger partial charge on any atom is -0.393 e. The number of carbonyl (C=O) groups is 1. The van der Waals surface area contributed by atoms with Crippen LogP contribution in [0, 0.1) is 5.92 Å². The third kappa shape index (κ3) is 3.75. The van der Waals surface area contributed by atoms with E-state index >= 15 is 0 Å². The fourth-order valence-electron chi connectivity index (χ4n) is 4.80. The Labute approximate surface area is 160 Å². The van der Waals surface area contributed by atoms with Crippen molar-refractivity contribution in [3.8, 4) is 0 Å². The number of aliphatic hydroxyl groups excluding tert-OH is 1. The first-order valence-electron chi connectivity index (χ1n) is 9.75. The van der Waals surface area contributed by atoms with Gasteiger partial charge in [-0.2, -0.15) is 0 Å². The second-order valence-corrected chi connectivity index (χ2v) is 7.77. The molecule has 1 aromatic carbocycles. The van der Waals surface area contributed by atoms with Crippen molar-refractivity contribution < 1.29 is 9.90 Å². The molecule has 2 aliphatic rings. The first kappa shape index (κ1) is 18.1. The highest BCUT2D eigenvalue weighted by atomic mass is 16.3. The molecule has 1 N–H and O–H groups in total. The van der Waals surface area contributed by atoms with Crippen LogP contribution in [0.2, 0.25) is 0 Å². The van der Waals surface area contributed by atoms with Crippen molar-refractivity contribution in [2.45, 2.75) is 38.0 Å². The lowest BCUT2D eigenvalue weighted by Crippen LogP contribution is -2.44. The fraction of sp³-hybridized carbons (Fsp3) is 0.455. The lowest BCUT2D eigenvalue weighted by atomic mass is 9.81. The van der Waals surface area contributed by atoms with Crippen molar-refractivity contribution in [3.63, 3.8) is 0 Å². The quantitative estimate of drug-likeness (QED) is 0.907. The molecule has 0 aliphatic carbocycles. The zero-order chi connectivity index (χ0) is 18.8. The molecule has 0 bridgehead atoms. The molecule has 142 valence electrons. The summed E-state index contributed by atoms with van der Waals surface area (Å²) < 4.78 is 0. The second kappa shape index (κ2) is 7.79. The van der Waals surface area contributed by atoms with Gasteiger partial charge in [-0.05, 0) is 23.6 Å². The molecule has 1 aromatic heterocycles. The van der Waals surface area contributed by atoms with Crippen LogP contribution in [0.5, 0.6) is 0 Å². The van der Waals surface area contributed by atoms with E-state index in [1.54, 1.807) is 13.1 Å². The molecule has 0 unspecified atom stereocenters. The number of aliphatic hydroxyl groups is 1. The van der Waals surface area contributed by atoms with E-state index in [2.05, 4.69) is 40.2 Å². The fourth-order valence-corrected chi connectivity index (χ4v) is 4.80. The summed E-state index contributed by atoms with van der Waals surface area (Å²) in [5, 5.41) is 11.0. The summed E-state index contributed by atoms with van der Waals surface area (Å²) in [6.45, 7) is 4.61. The largest absolute Gasteiger partial charge is 0.393 e. The number of hydrogen-bond donors (Lipinski definition) is 1. The van der Waals surface area contributed by atoms with E-state index in [0.717, 1.165) is 18.7 Å². The first-order chi connectivity index (χ1) is 13.1. The molecule has 2 aliphatic heterocycles. The number of carbonyl (C=O) groups excluding carboxylic acids is 1. The van der Waals surface area contributed by atoms with E-state index in [9.17, 15) is 9.90 Å². The molecular weight excluding hydrogens is 338 g/mol. The highest BCUT2D eigenvalue weighted by Gasteiger charge is 2.47. The van der Waals surface area contributed by atoms with Crippen molar-refractivity contribution in [2.75, 3.05) is 19.6 Å². The molecular formula is C22H27N3O2. The van der Waals surface area contributed by atoms with E-state index in [4.69, 9.17) is 0 Å². The Morgan fingerprint density at radius 3 is 2.70 bits per heavy atom. The summed E-state index contributed by atoms with van der Waals surface area (Å²) in [5.41, 5.74) is 2.44. The molecule has 2 saturated heterocycles. The topological polar surface area (TPSA) is 56.7 Å². The number of nitrogens with zero attached hydrogens (tertiary/aromatic N) is 3. The Kier molecular flexibility index (Phi) is 5.23. The SMILES string of the molecule is CC(=O)N1CC[C@@H](O)[C@@H]2[C@@H](C1)N(Cc1cccnc1)C[C@H]2c1ccccc1. The number of likely N-dealkylation sites (tertiary alicyclic amines) is 2. The molecule has 27 heavy (non-hydrogen) atoms. The molecule has 1 amide bonds. The van der Waals surface area contributed by atoms with Crippen LogP contribution in [-0.4, -0.2) is 57.6 Å². The molecule has 3 heterocycles. The normalized spacial score (nSPS) is 28.6. The Morgan fingerprint density at radius 1 is 1.19 bits per heavy atom. The molecule has 0 spiro atoms. The minimum atomic E-state index is -0.400. The highest BCUT2D eigenvalue weighted by Crippen LogP contribution is 2.42. The van der Waals surface area contributed by atoms with E-state index in [1.165, 1.54) is 5.56 Å². The average Bonchev–Trinajstić information content (AvgIpc) is 2.94. The van der Waals surface area contributed by atoms with Gasteiger partial charge in [0.2, 0.25) is 5.91 Å². The van der Waals surface area contributed by atoms with Gasteiger partial charge in [0.05, 0.1) is 6.10 Å². The molecule has 4 atom stereocenters. The van der Waals surface area contributed by atoms with Gasteiger partial charge in [0.15, 0.2) is 0 Å². The number of fused-ring (bicyclic) bond motifs is 1. The van der Waals surface area contributed by atoms with Gasteiger partial charge in [0.25, 0.3) is 0 Å². The second-order valence-electron chi connectivity index (χ2n) is 7.77.